The van der Waals surface area contributed by atoms with Crippen LogP contribution < -0.4 is 5.32 Å². The van der Waals surface area contributed by atoms with Crippen LogP contribution in [0.4, 0.5) is 4.79 Å². The highest BCUT2D eigenvalue weighted by Gasteiger charge is 2.48. The SMILES string of the molecule is CC(O)CSC1=NC2C(C(=O)NC(=O)N2C)N1Cc1ccc(Cl)cc1. The summed E-state index contributed by atoms with van der Waals surface area (Å²) in [7, 11) is 1.62. The van der Waals surface area contributed by atoms with Gasteiger partial charge < -0.3 is 14.9 Å². The van der Waals surface area contributed by atoms with E-state index < -0.39 is 24.3 Å². The third kappa shape index (κ3) is 3.75. The van der Waals surface area contributed by atoms with Gasteiger partial charge in [0.2, 0.25) is 0 Å². The molecule has 9 heteroatoms. The van der Waals surface area contributed by atoms with Gasteiger partial charge in [-0.25, -0.2) is 9.79 Å². The van der Waals surface area contributed by atoms with Gasteiger partial charge in [-0.2, -0.15) is 0 Å². The van der Waals surface area contributed by atoms with Crippen molar-refractivity contribution in [2.24, 2.45) is 4.99 Å². The van der Waals surface area contributed by atoms with Crippen molar-refractivity contribution in [1.29, 1.82) is 0 Å². The Bertz CT molecular complexity index is 710. The largest absolute Gasteiger partial charge is 0.393 e. The molecule has 3 rings (SSSR count). The standard InChI is InChI=1S/C16H19ClN4O3S/c1-9(22)8-25-16-18-13-12(14(23)19-15(24)20(13)2)21(16)7-10-3-5-11(17)6-4-10/h3-6,9,12-13,22H,7-8H2,1-2H3,(H,19,23,24). The minimum absolute atomic E-state index is 0.363. The van der Waals surface area contributed by atoms with E-state index >= 15 is 0 Å². The van der Waals surface area contributed by atoms with Gasteiger partial charge in [0, 0.05) is 24.4 Å². The summed E-state index contributed by atoms with van der Waals surface area (Å²) in [6.45, 7) is 2.15. The number of aliphatic hydroxyl groups excluding tert-OH is 1. The van der Waals surface area contributed by atoms with Crippen LogP contribution in [0, 0.1) is 0 Å². The van der Waals surface area contributed by atoms with E-state index in [1.54, 1.807) is 26.1 Å². The van der Waals surface area contributed by atoms with Crippen LogP contribution in [-0.4, -0.2) is 63.1 Å². The van der Waals surface area contributed by atoms with Crippen LogP contribution in [0.2, 0.25) is 5.02 Å². The number of hydrogen-bond donors (Lipinski definition) is 2. The average Bonchev–Trinajstić information content (AvgIpc) is 2.92. The summed E-state index contributed by atoms with van der Waals surface area (Å²) < 4.78 is 0. The minimum atomic E-state index is -0.588. The molecule has 2 heterocycles. The van der Waals surface area contributed by atoms with Crippen LogP contribution in [-0.2, 0) is 11.3 Å². The first kappa shape index (κ1) is 18.0. The van der Waals surface area contributed by atoms with Crippen molar-refractivity contribution in [3.8, 4) is 0 Å². The Morgan fingerprint density at radius 3 is 2.68 bits per heavy atom. The van der Waals surface area contributed by atoms with Gasteiger partial charge in [0.15, 0.2) is 17.4 Å². The van der Waals surface area contributed by atoms with Crippen molar-refractivity contribution in [2.45, 2.75) is 31.8 Å². The second-order valence-corrected chi connectivity index (χ2v) is 7.51. The number of imide groups is 1. The number of fused-ring (bicyclic) bond motifs is 1. The molecule has 0 saturated carbocycles. The van der Waals surface area contributed by atoms with Gasteiger partial charge >= 0.3 is 6.03 Å². The number of aliphatic imine (C=N–C) groups is 1. The van der Waals surface area contributed by atoms with Crippen LogP contribution >= 0.6 is 23.4 Å². The Morgan fingerprint density at radius 2 is 2.04 bits per heavy atom. The molecule has 2 aliphatic heterocycles. The predicted molar refractivity (Wildman–Crippen MR) is 97.4 cm³/mol. The topological polar surface area (TPSA) is 85.2 Å². The molecule has 134 valence electrons. The second kappa shape index (κ2) is 7.23. The van der Waals surface area contributed by atoms with E-state index in [1.165, 1.54) is 16.7 Å². The highest BCUT2D eigenvalue weighted by molar-refractivity contribution is 8.13. The summed E-state index contributed by atoms with van der Waals surface area (Å²) in [5.74, 6) is 0.0905. The molecule has 1 fully saturated rings. The first-order valence-electron chi connectivity index (χ1n) is 7.84. The molecule has 1 aromatic rings. The molecule has 3 amide bonds. The fraction of sp³-hybridized carbons (Fsp3) is 0.438. The first-order chi connectivity index (χ1) is 11.9. The molecule has 3 unspecified atom stereocenters. The number of urea groups is 1. The number of benzene rings is 1. The number of amides is 3. The van der Waals surface area contributed by atoms with Crippen LogP contribution in [0.15, 0.2) is 29.3 Å². The molecule has 1 saturated heterocycles. The van der Waals surface area contributed by atoms with Gasteiger partial charge in [0.25, 0.3) is 5.91 Å². The zero-order valence-electron chi connectivity index (χ0n) is 13.8. The molecule has 2 aliphatic rings. The molecular formula is C16H19ClN4O3S. The molecule has 0 aromatic heterocycles. The highest BCUT2D eigenvalue weighted by atomic mass is 35.5. The number of hydrogen-bond acceptors (Lipinski definition) is 6. The molecule has 25 heavy (non-hydrogen) atoms. The average molecular weight is 383 g/mol. The lowest BCUT2D eigenvalue weighted by Crippen LogP contribution is -2.63. The van der Waals surface area contributed by atoms with Crippen molar-refractivity contribution in [1.82, 2.24) is 15.1 Å². The minimum Gasteiger partial charge on any atom is -0.393 e. The lowest BCUT2D eigenvalue weighted by atomic mass is 10.1. The third-order valence-electron chi connectivity index (χ3n) is 4.04. The number of aliphatic hydroxyl groups is 1. The summed E-state index contributed by atoms with van der Waals surface area (Å²) in [5, 5.41) is 13.2. The maximum absolute atomic E-state index is 12.4. The van der Waals surface area contributed by atoms with Crippen molar-refractivity contribution in [3.05, 3.63) is 34.9 Å². The lowest BCUT2D eigenvalue weighted by molar-refractivity contribution is -0.127. The Morgan fingerprint density at radius 1 is 1.36 bits per heavy atom. The van der Waals surface area contributed by atoms with E-state index in [2.05, 4.69) is 10.3 Å². The molecule has 2 N–H and O–H groups in total. The number of nitrogens with zero attached hydrogens (tertiary/aromatic N) is 3. The first-order valence-corrected chi connectivity index (χ1v) is 9.20. The van der Waals surface area contributed by atoms with E-state index in [0.29, 0.717) is 22.5 Å². The molecule has 0 radical (unpaired) electrons. The predicted octanol–water partition coefficient (Wildman–Crippen LogP) is 1.50. The highest BCUT2D eigenvalue weighted by Crippen LogP contribution is 2.30. The number of amidine groups is 1. The maximum atomic E-state index is 12.4. The Kier molecular flexibility index (Phi) is 5.21. The molecule has 0 spiro atoms. The monoisotopic (exact) mass is 382 g/mol. The molecule has 0 bridgehead atoms. The second-order valence-electron chi connectivity index (χ2n) is 6.09. The van der Waals surface area contributed by atoms with E-state index in [-0.39, 0.29) is 5.91 Å². The van der Waals surface area contributed by atoms with E-state index in [1.807, 2.05) is 17.0 Å². The van der Waals surface area contributed by atoms with Crippen LogP contribution in [0.3, 0.4) is 0 Å². The van der Waals surface area contributed by atoms with Crippen molar-refractivity contribution in [2.75, 3.05) is 12.8 Å². The fourth-order valence-electron chi connectivity index (χ4n) is 2.77. The van der Waals surface area contributed by atoms with Gasteiger partial charge in [-0.1, -0.05) is 35.5 Å². The van der Waals surface area contributed by atoms with Gasteiger partial charge in [-0.3, -0.25) is 10.1 Å². The van der Waals surface area contributed by atoms with Crippen LogP contribution in [0.25, 0.3) is 0 Å². The van der Waals surface area contributed by atoms with Crippen molar-refractivity contribution >= 4 is 40.5 Å². The molecule has 3 atom stereocenters. The van der Waals surface area contributed by atoms with Crippen LogP contribution in [0.1, 0.15) is 12.5 Å². The van der Waals surface area contributed by atoms with E-state index in [9.17, 15) is 14.7 Å². The van der Waals surface area contributed by atoms with Crippen molar-refractivity contribution < 1.29 is 14.7 Å². The van der Waals surface area contributed by atoms with Gasteiger partial charge in [0.1, 0.15) is 0 Å². The zero-order chi connectivity index (χ0) is 18.1. The number of rotatable bonds is 4. The molecular weight excluding hydrogens is 364 g/mol. The Balaban J connectivity index is 1.88. The zero-order valence-corrected chi connectivity index (χ0v) is 15.4. The maximum Gasteiger partial charge on any atom is 0.325 e. The summed E-state index contributed by atoms with van der Waals surface area (Å²) in [6, 6.07) is 6.32. The quantitative estimate of drug-likeness (QED) is 0.824. The summed E-state index contributed by atoms with van der Waals surface area (Å²) in [5.41, 5.74) is 0.975. The number of nitrogens with one attached hydrogen (secondary N) is 1. The third-order valence-corrected chi connectivity index (χ3v) is 5.54. The number of halogens is 1. The smallest absolute Gasteiger partial charge is 0.325 e. The number of carbonyl (C=O) groups excluding carboxylic acids is 2. The molecule has 1 aromatic carbocycles. The summed E-state index contributed by atoms with van der Waals surface area (Å²) in [6.07, 6.45) is -1.06. The Hall–Kier alpha value is -1.77. The normalized spacial score (nSPS) is 24.1. The summed E-state index contributed by atoms with van der Waals surface area (Å²) in [4.78, 5) is 32.2. The fourth-order valence-corrected chi connectivity index (χ4v) is 3.81. The van der Waals surface area contributed by atoms with Gasteiger partial charge in [-0.05, 0) is 24.6 Å². The van der Waals surface area contributed by atoms with E-state index in [4.69, 9.17) is 11.6 Å². The number of carbonyl (C=O) groups is 2. The number of thioether (sulfide) groups is 1. The van der Waals surface area contributed by atoms with Crippen molar-refractivity contribution in [3.63, 3.8) is 0 Å². The van der Waals surface area contributed by atoms with Gasteiger partial charge in [0.05, 0.1) is 6.10 Å². The van der Waals surface area contributed by atoms with Gasteiger partial charge in [-0.15, -0.1) is 0 Å². The lowest BCUT2D eigenvalue weighted by Gasteiger charge is -2.36. The molecule has 0 aliphatic carbocycles. The van der Waals surface area contributed by atoms with Crippen LogP contribution in [0.5, 0.6) is 0 Å². The Labute approximate surface area is 155 Å². The van der Waals surface area contributed by atoms with E-state index in [0.717, 1.165) is 5.56 Å². The molecule has 7 nitrogen and oxygen atoms in total. The number of likely N-dealkylation sites (N-methyl/N-ethyl adjacent to an activating group) is 1. The summed E-state index contributed by atoms with van der Waals surface area (Å²) >= 11 is 7.31.